The Kier molecular flexibility index (Phi) is 8.27. The lowest BCUT2D eigenvalue weighted by atomic mass is 10.2. The van der Waals surface area contributed by atoms with E-state index in [2.05, 4.69) is 19.2 Å². The zero-order chi connectivity index (χ0) is 10.8. The molecular weight excluding hydrogens is 186 g/mol. The summed E-state index contributed by atoms with van der Waals surface area (Å²) in [6, 6.07) is 0. The van der Waals surface area contributed by atoms with Crippen molar-refractivity contribution in [2.75, 3.05) is 33.0 Å². The molecule has 0 radical (unpaired) electrons. The Bertz CT molecular complexity index is 150. The van der Waals surface area contributed by atoms with Crippen LogP contribution in [0.2, 0.25) is 0 Å². The molecule has 0 atom stereocenters. The van der Waals surface area contributed by atoms with E-state index < -0.39 is 6.09 Å². The smallest absolute Gasteiger partial charge is 0.404 e. The van der Waals surface area contributed by atoms with Gasteiger partial charge in [0.15, 0.2) is 0 Å². The molecule has 0 saturated heterocycles. The largest absolute Gasteiger partial charge is 0.465 e. The first-order chi connectivity index (χ1) is 6.63. The van der Waals surface area contributed by atoms with Gasteiger partial charge in [-0.1, -0.05) is 13.8 Å². The first-order valence-electron chi connectivity index (χ1n) is 4.75. The predicted molar refractivity (Wildman–Crippen MR) is 52.5 cm³/mol. The molecule has 0 unspecified atom stereocenters. The summed E-state index contributed by atoms with van der Waals surface area (Å²) in [6.07, 6.45) is -1.02. The van der Waals surface area contributed by atoms with Crippen molar-refractivity contribution in [1.29, 1.82) is 0 Å². The number of ether oxygens (including phenoxy) is 2. The van der Waals surface area contributed by atoms with Crippen molar-refractivity contribution in [2.45, 2.75) is 13.8 Å². The number of hydrogen-bond donors (Lipinski definition) is 2. The molecule has 0 aliphatic carbocycles. The topological polar surface area (TPSA) is 67.8 Å². The van der Waals surface area contributed by atoms with Gasteiger partial charge < -0.3 is 19.9 Å². The van der Waals surface area contributed by atoms with Gasteiger partial charge in [-0.05, 0) is 5.92 Å². The van der Waals surface area contributed by atoms with E-state index in [0.717, 1.165) is 6.61 Å². The van der Waals surface area contributed by atoms with Gasteiger partial charge in [0.25, 0.3) is 0 Å². The number of rotatable bonds is 8. The average molecular weight is 205 g/mol. The molecule has 5 nitrogen and oxygen atoms in total. The average Bonchev–Trinajstić information content (AvgIpc) is 2.08. The lowest BCUT2D eigenvalue weighted by Gasteiger charge is -2.07. The molecule has 0 aliphatic rings. The van der Waals surface area contributed by atoms with Crippen LogP contribution in [0.15, 0.2) is 0 Å². The molecule has 0 aromatic heterocycles. The van der Waals surface area contributed by atoms with Crippen molar-refractivity contribution in [2.24, 2.45) is 5.92 Å². The minimum absolute atomic E-state index is 0.319. The van der Waals surface area contributed by atoms with Crippen LogP contribution >= 0.6 is 0 Å². The van der Waals surface area contributed by atoms with Crippen LogP contribution in [-0.2, 0) is 9.47 Å². The van der Waals surface area contributed by atoms with Gasteiger partial charge in [0.2, 0.25) is 0 Å². The Hall–Kier alpha value is -0.810. The Labute approximate surface area is 84.4 Å². The molecule has 0 bridgehead atoms. The number of hydrogen-bond acceptors (Lipinski definition) is 3. The molecule has 0 fully saturated rings. The standard InChI is InChI=1S/C9H19NO4/c1-8(2)7-14-6-5-13-4-3-10-9(11)12/h8,10H,3-7H2,1-2H3,(H,11,12). The van der Waals surface area contributed by atoms with E-state index in [9.17, 15) is 4.79 Å². The lowest BCUT2D eigenvalue weighted by Crippen LogP contribution is -2.25. The van der Waals surface area contributed by atoms with Crippen LogP contribution in [0.25, 0.3) is 0 Å². The first-order valence-corrected chi connectivity index (χ1v) is 4.75. The highest BCUT2D eigenvalue weighted by Gasteiger charge is 1.95. The molecule has 0 aromatic carbocycles. The molecule has 5 heteroatoms. The fourth-order valence-corrected chi connectivity index (χ4v) is 0.769. The monoisotopic (exact) mass is 205 g/mol. The molecule has 84 valence electrons. The Morgan fingerprint density at radius 1 is 1.29 bits per heavy atom. The van der Waals surface area contributed by atoms with E-state index in [1.165, 1.54) is 0 Å². The number of carbonyl (C=O) groups is 1. The fourth-order valence-electron chi connectivity index (χ4n) is 0.769. The SMILES string of the molecule is CC(C)COCCOCCNC(=O)O. The van der Waals surface area contributed by atoms with Crippen LogP contribution in [0.4, 0.5) is 4.79 Å². The lowest BCUT2D eigenvalue weighted by molar-refractivity contribution is 0.0388. The number of carboxylic acid groups (broad SMARTS) is 1. The van der Waals surface area contributed by atoms with E-state index in [1.807, 2.05) is 0 Å². The second-order valence-electron chi connectivity index (χ2n) is 3.31. The van der Waals surface area contributed by atoms with Crippen molar-refractivity contribution in [3.05, 3.63) is 0 Å². The maximum Gasteiger partial charge on any atom is 0.404 e. The summed E-state index contributed by atoms with van der Waals surface area (Å²) in [7, 11) is 0. The minimum Gasteiger partial charge on any atom is -0.465 e. The van der Waals surface area contributed by atoms with Crippen LogP contribution in [0.3, 0.4) is 0 Å². The highest BCUT2D eigenvalue weighted by Crippen LogP contribution is 1.91. The van der Waals surface area contributed by atoms with E-state index in [4.69, 9.17) is 14.6 Å². The quantitative estimate of drug-likeness (QED) is 0.579. The van der Waals surface area contributed by atoms with Crippen LogP contribution < -0.4 is 5.32 Å². The van der Waals surface area contributed by atoms with Gasteiger partial charge in [-0.15, -0.1) is 0 Å². The van der Waals surface area contributed by atoms with Crippen molar-refractivity contribution >= 4 is 6.09 Å². The van der Waals surface area contributed by atoms with Crippen LogP contribution in [-0.4, -0.2) is 44.2 Å². The van der Waals surface area contributed by atoms with Gasteiger partial charge in [0.05, 0.1) is 19.8 Å². The van der Waals surface area contributed by atoms with Gasteiger partial charge >= 0.3 is 6.09 Å². The Balaban J connectivity index is 2.96. The Morgan fingerprint density at radius 3 is 2.50 bits per heavy atom. The molecular formula is C9H19NO4. The summed E-state index contributed by atoms with van der Waals surface area (Å²) in [5.41, 5.74) is 0. The summed E-state index contributed by atoms with van der Waals surface area (Å²) in [5, 5.41) is 10.4. The number of amides is 1. The maximum absolute atomic E-state index is 10.0. The van der Waals surface area contributed by atoms with Gasteiger partial charge in [-0.2, -0.15) is 0 Å². The van der Waals surface area contributed by atoms with Gasteiger partial charge in [-0.3, -0.25) is 0 Å². The van der Waals surface area contributed by atoms with E-state index in [0.29, 0.717) is 32.3 Å². The van der Waals surface area contributed by atoms with E-state index >= 15 is 0 Å². The molecule has 0 aliphatic heterocycles. The van der Waals surface area contributed by atoms with Crippen molar-refractivity contribution in [3.63, 3.8) is 0 Å². The van der Waals surface area contributed by atoms with Crippen molar-refractivity contribution in [3.8, 4) is 0 Å². The van der Waals surface area contributed by atoms with Crippen LogP contribution in [0.5, 0.6) is 0 Å². The Morgan fingerprint density at radius 2 is 1.93 bits per heavy atom. The molecule has 0 spiro atoms. The molecule has 0 heterocycles. The highest BCUT2D eigenvalue weighted by atomic mass is 16.5. The second kappa shape index (κ2) is 8.77. The molecule has 0 rings (SSSR count). The summed E-state index contributed by atoms with van der Waals surface area (Å²) in [5.74, 6) is 0.531. The summed E-state index contributed by atoms with van der Waals surface area (Å²) >= 11 is 0. The van der Waals surface area contributed by atoms with Crippen molar-refractivity contribution in [1.82, 2.24) is 5.32 Å². The van der Waals surface area contributed by atoms with E-state index in [1.54, 1.807) is 0 Å². The molecule has 1 amide bonds. The summed E-state index contributed by atoms with van der Waals surface area (Å²) in [6.45, 7) is 6.67. The third-order valence-electron chi connectivity index (χ3n) is 1.35. The third kappa shape index (κ3) is 11.2. The third-order valence-corrected chi connectivity index (χ3v) is 1.35. The molecule has 2 N–H and O–H groups in total. The summed E-state index contributed by atoms with van der Waals surface area (Å²) in [4.78, 5) is 10.0. The van der Waals surface area contributed by atoms with Crippen LogP contribution in [0.1, 0.15) is 13.8 Å². The van der Waals surface area contributed by atoms with Gasteiger partial charge in [0.1, 0.15) is 0 Å². The first kappa shape index (κ1) is 13.2. The molecule has 14 heavy (non-hydrogen) atoms. The van der Waals surface area contributed by atoms with Gasteiger partial charge in [0, 0.05) is 13.2 Å². The fraction of sp³-hybridized carbons (Fsp3) is 0.889. The maximum atomic E-state index is 10.0. The minimum atomic E-state index is -1.02. The predicted octanol–water partition coefficient (Wildman–Crippen LogP) is 0.943. The van der Waals surface area contributed by atoms with Crippen molar-refractivity contribution < 1.29 is 19.4 Å². The second-order valence-corrected chi connectivity index (χ2v) is 3.31. The molecule has 0 saturated carbocycles. The van der Waals surface area contributed by atoms with E-state index in [-0.39, 0.29) is 0 Å². The summed E-state index contributed by atoms with van der Waals surface area (Å²) < 4.78 is 10.4. The highest BCUT2D eigenvalue weighted by molar-refractivity contribution is 5.64. The van der Waals surface area contributed by atoms with Crippen LogP contribution in [0, 0.1) is 5.92 Å². The molecule has 0 aromatic rings. The zero-order valence-corrected chi connectivity index (χ0v) is 8.78. The number of nitrogens with one attached hydrogen (secondary N) is 1. The normalized spacial score (nSPS) is 10.5. The zero-order valence-electron chi connectivity index (χ0n) is 8.78. The van der Waals surface area contributed by atoms with Gasteiger partial charge in [-0.25, -0.2) is 4.79 Å².